The van der Waals surface area contributed by atoms with E-state index in [0.29, 0.717) is 12.2 Å². The van der Waals surface area contributed by atoms with Crippen molar-refractivity contribution in [2.24, 2.45) is 0 Å². The highest BCUT2D eigenvalue weighted by molar-refractivity contribution is 9.10. The normalized spacial score (nSPS) is 10.1. The van der Waals surface area contributed by atoms with Crippen molar-refractivity contribution in [1.82, 2.24) is 10.3 Å². The number of carbonyl (C=O) groups is 1. The Morgan fingerprint density at radius 3 is 2.80 bits per heavy atom. The lowest BCUT2D eigenvalue weighted by Gasteiger charge is -2.06. The van der Waals surface area contributed by atoms with Gasteiger partial charge < -0.3 is 10.6 Å². The molecule has 5 heteroatoms. The number of hydrogen-bond acceptors (Lipinski definition) is 3. The molecular formula is C15H16BrN3O. The number of amides is 1. The number of anilines is 1. The van der Waals surface area contributed by atoms with Crippen LogP contribution < -0.4 is 10.6 Å². The Morgan fingerprint density at radius 2 is 2.15 bits per heavy atom. The van der Waals surface area contributed by atoms with Crippen LogP contribution in [0.15, 0.2) is 47.1 Å². The molecule has 0 bridgehead atoms. The highest BCUT2D eigenvalue weighted by atomic mass is 79.9. The van der Waals surface area contributed by atoms with Gasteiger partial charge in [-0.25, -0.2) is 4.98 Å². The summed E-state index contributed by atoms with van der Waals surface area (Å²) in [6, 6.07) is 11.4. The smallest absolute Gasteiger partial charge is 0.270 e. The molecule has 104 valence electrons. The fourth-order valence-electron chi connectivity index (χ4n) is 1.76. The third-order valence-electron chi connectivity index (χ3n) is 2.72. The van der Waals surface area contributed by atoms with E-state index in [9.17, 15) is 4.79 Å². The van der Waals surface area contributed by atoms with Crippen LogP contribution in [0.4, 0.5) is 5.69 Å². The fraction of sp³-hybridized carbons (Fsp3) is 0.200. The van der Waals surface area contributed by atoms with Crippen molar-refractivity contribution < 1.29 is 4.79 Å². The molecule has 2 N–H and O–H groups in total. The molecule has 2 aromatic rings. The Balaban J connectivity index is 1.94. The largest absolute Gasteiger partial charge is 0.384 e. The summed E-state index contributed by atoms with van der Waals surface area (Å²) in [6.45, 7) is 3.32. The lowest BCUT2D eigenvalue weighted by molar-refractivity contribution is 0.0946. The van der Waals surface area contributed by atoms with Crippen molar-refractivity contribution in [3.8, 4) is 0 Å². The lowest BCUT2D eigenvalue weighted by Crippen LogP contribution is -2.23. The molecule has 0 atom stereocenters. The first kappa shape index (κ1) is 14.5. The van der Waals surface area contributed by atoms with Crippen LogP contribution in [0, 0.1) is 0 Å². The van der Waals surface area contributed by atoms with Crippen molar-refractivity contribution in [2.45, 2.75) is 13.5 Å². The number of benzene rings is 1. The minimum absolute atomic E-state index is 0.173. The summed E-state index contributed by atoms with van der Waals surface area (Å²) in [4.78, 5) is 16.1. The quantitative estimate of drug-likeness (QED) is 0.883. The number of nitrogens with one attached hydrogen (secondary N) is 2. The van der Waals surface area contributed by atoms with Crippen LogP contribution in [0.1, 0.15) is 23.0 Å². The van der Waals surface area contributed by atoms with Gasteiger partial charge in [-0.2, -0.15) is 0 Å². The maximum Gasteiger partial charge on any atom is 0.270 e. The van der Waals surface area contributed by atoms with Gasteiger partial charge in [-0.15, -0.1) is 0 Å². The second kappa shape index (κ2) is 7.05. The molecule has 0 saturated carbocycles. The number of nitrogens with zero attached hydrogens (tertiary/aromatic N) is 1. The predicted octanol–water partition coefficient (Wildman–Crippen LogP) is 3.21. The van der Waals surface area contributed by atoms with E-state index in [1.54, 1.807) is 12.3 Å². The Hall–Kier alpha value is -1.88. The van der Waals surface area contributed by atoms with Gasteiger partial charge in [0, 0.05) is 17.6 Å². The molecule has 2 rings (SSSR count). The topological polar surface area (TPSA) is 54.0 Å². The molecule has 1 amide bonds. The van der Waals surface area contributed by atoms with E-state index in [-0.39, 0.29) is 5.91 Å². The summed E-state index contributed by atoms with van der Waals surface area (Å²) in [7, 11) is 0. The molecule has 0 aliphatic rings. The van der Waals surface area contributed by atoms with Crippen molar-refractivity contribution >= 4 is 27.5 Å². The van der Waals surface area contributed by atoms with Crippen molar-refractivity contribution in [3.63, 3.8) is 0 Å². The van der Waals surface area contributed by atoms with Crippen LogP contribution in [0.5, 0.6) is 0 Å². The number of pyridine rings is 1. The Morgan fingerprint density at radius 1 is 1.30 bits per heavy atom. The average molecular weight is 334 g/mol. The van der Waals surface area contributed by atoms with E-state index < -0.39 is 0 Å². The second-order valence-electron chi connectivity index (χ2n) is 4.28. The zero-order valence-corrected chi connectivity index (χ0v) is 12.8. The minimum Gasteiger partial charge on any atom is -0.384 e. The third-order valence-corrected chi connectivity index (χ3v) is 3.21. The van der Waals surface area contributed by atoms with Crippen LogP contribution in [0.25, 0.3) is 0 Å². The SMILES string of the molecule is CCNc1ccc(C(=O)NCc2cccc(Br)c2)nc1. The highest BCUT2D eigenvalue weighted by Crippen LogP contribution is 2.11. The van der Waals surface area contributed by atoms with Crippen molar-refractivity contribution in [3.05, 3.63) is 58.3 Å². The number of rotatable bonds is 5. The number of carbonyl (C=O) groups excluding carboxylic acids is 1. The highest BCUT2D eigenvalue weighted by Gasteiger charge is 2.06. The molecule has 1 aromatic heterocycles. The van der Waals surface area contributed by atoms with Gasteiger partial charge in [-0.05, 0) is 36.8 Å². The molecule has 1 heterocycles. The van der Waals surface area contributed by atoms with Gasteiger partial charge in [0.2, 0.25) is 0 Å². The molecule has 1 aromatic carbocycles. The van der Waals surface area contributed by atoms with Gasteiger partial charge in [0.25, 0.3) is 5.91 Å². The predicted molar refractivity (Wildman–Crippen MR) is 83.7 cm³/mol. The van der Waals surface area contributed by atoms with Gasteiger partial charge in [0.15, 0.2) is 0 Å². The van der Waals surface area contributed by atoms with Crippen molar-refractivity contribution in [1.29, 1.82) is 0 Å². The lowest BCUT2D eigenvalue weighted by atomic mass is 10.2. The molecular weight excluding hydrogens is 318 g/mol. The Labute approximate surface area is 126 Å². The van der Waals surface area contributed by atoms with Crippen LogP contribution >= 0.6 is 15.9 Å². The maximum absolute atomic E-state index is 12.0. The van der Waals surface area contributed by atoms with Gasteiger partial charge in [-0.1, -0.05) is 28.1 Å². The fourth-order valence-corrected chi connectivity index (χ4v) is 2.20. The molecule has 0 spiro atoms. The first-order chi connectivity index (χ1) is 9.69. The Kier molecular flexibility index (Phi) is 5.12. The maximum atomic E-state index is 12.0. The Bertz CT molecular complexity index is 584. The molecule has 0 fully saturated rings. The first-order valence-electron chi connectivity index (χ1n) is 6.41. The van der Waals surface area contributed by atoms with Crippen LogP contribution in [-0.4, -0.2) is 17.4 Å². The van der Waals surface area contributed by atoms with E-state index in [4.69, 9.17) is 0 Å². The van der Waals surface area contributed by atoms with Gasteiger partial charge >= 0.3 is 0 Å². The zero-order chi connectivity index (χ0) is 14.4. The zero-order valence-electron chi connectivity index (χ0n) is 11.2. The third kappa shape index (κ3) is 4.06. The second-order valence-corrected chi connectivity index (χ2v) is 5.19. The minimum atomic E-state index is -0.173. The van der Waals surface area contributed by atoms with E-state index >= 15 is 0 Å². The van der Waals surface area contributed by atoms with E-state index in [2.05, 4.69) is 31.5 Å². The number of hydrogen-bond donors (Lipinski definition) is 2. The first-order valence-corrected chi connectivity index (χ1v) is 7.21. The van der Waals surface area contributed by atoms with Crippen LogP contribution in [-0.2, 0) is 6.54 Å². The molecule has 0 aliphatic heterocycles. The summed E-state index contributed by atoms with van der Waals surface area (Å²) < 4.78 is 0.998. The summed E-state index contributed by atoms with van der Waals surface area (Å²) in [5, 5.41) is 5.99. The summed E-state index contributed by atoms with van der Waals surface area (Å²) in [6.07, 6.45) is 1.66. The summed E-state index contributed by atoms with van der Waals surface area (Å²) >= 11 is 3.40. The van der Waals surface area contributed by atoms with Gasteiger partial charge in [-0.3, -0.25) is 4.79 Å². The van der Waals surface area contributed by atoms with Gasteiger partial charge in [0.1, 0.15) is 5.69 Å². The molecule has 20 heavy (non-hydrogen) atoms. The average Bonchev–Trinajstić information content (AvgIpc) is 2.46. The van der Waals surface area contributed by atoms with E-state index in [1.165, 1.54) is 0 Å². The monoisotopic (exact) mass is 333 g/mol. The van der Waals surface area contributed by atoms with Crippen LogP contribution in [0.2, 0.25) is 0 Å². The van der Waals surface area contributed by atoms with Gasteiger partial charge in [0.05, 0.1) is 11.9 Å². The van der Waals surface area contributed by atoms with E-state index in [0.717, 1.165) is 22.3 Å². The standard InChI is InChI=1S/C15H16BrN3O/c1-2-17-13-6-7-14(18-10-13)15(20)19-9-11-4-3-5-12(16)8-11/h3-8,10,17H,2,9H2,1H3,(H,19,20). The number of halogens is 1. The van der Waals surface area contributed by atoms with E-state index in [1.807, 2.05) is 37.3 Å². The summed E-state index contributed by atoms with van der Waals surface area (Å²) in [5.74, 6) is -0.173. The molecule has 4 nitrogen and oxygen atoms in total. The van der Waals surface area contributed by atoms with Crippen molar-refractivity contribution in [2.75, 3.05) is 11.9 Å². The molecule has 0 aliphatic carbocycles. The number of aromatic nitrogens is 1. The summed E-state index contributed by atoms with van der Waals surface area (Å²) in [5.41, 5.74) is 2.37. The molecule has 0 unspecified atom stereocenters. The molecule has 0 saturated heterocycles. The molecule has 0 radical (unpaired) electrons. The van der Waals surface area contributed by atoms with Crippen LogP contribution in [0.3, 0.4) is 0 Å².